The van der Waals surface area contributed by atoms with Crippen molar-refractivity contribution >= 4 is 23.3 Å². The fourth-order valence-corrected chi connectivity index (χ4v) is 2.42. The van der Waals surface area contributed by atoms with Gasteiger partial charge in [-0.3, -0.25) is 19.7 Å². The first-order chi connectivity index (χ1) is 10.5. The topological polar surface area (TPSA) is 113 Å². The van der Waals surface area contributed by atoms with Gasteiger partial charge in [-0.1, -0.05) is 0 Å². The molecule has 1 aromatic carbocycles. The van der Waals surface area contributed by atoms with Gasteiger partial charge in [0.25, 0.3) is 11.6 Å². The van der Waals surface area contributed by atoms with E-state index in [0.29, 0.717) is 5.69 Å². The van der Waals surface area contributed by atoms with Gasteiger partial charge < -0.3 is 15.3 Å². The van der Waals surface area contributed by atoms with Crippen LogP contribution in [-0.2, 0) is 4.79 Å². The molecule has 0 radical (unpaired) electrons. The molecule has 118 valence electrons. The Morgan fingerprint density at radius 2 is 2.00 bits per heavy atom. The maximum atomic E-state index is 11.9. The second kappa shape index (κ2) is 6.88. The van der Waals surface area contributed by atoms with E-state index in [9.17, 15) is 19.7 Å². The van der Waals surface area contributed by atoms with Crippen molar-refractivity contribution in [2.24, 2.45) is 0 Å². The number of carbonyl (C=O) groups is 2. The van der Waals surface area contributed by atoms with Gasteiger partial charge in [0.15, 0.2) is 0 Å². The second-order valence-corrected chi connectivity index (χ2v) is 5.05. The molecule has 8 nitrogen and oxygen atoms in total. The lowest BCUT2D eigenvalue weighted by molar-refractivity contribution is -0.384. The summed E-state index contributed by atoms with van der Waals surface area (Å²) in [6, 6.07) is 4.34. The number of nitro groups is 1. The molecule has 2 N–H and O–H groups in total. The average Bonchev–Trinajstić information content (AvgIpc) is 3.00. The molecule has 0 atom stereocenters. The maximum Gasteiger partial charge on any atom is 0.305 e. The summed E-state index contributed by atoms with van der Waals surface area (Å²) in [5, 5.41) is 22.2. The highest BCUT2D eigenvalue weighted by Crippen LogP contribution is 2.31. The Balaban J connectivity index is 2.16. The van der Waals surface area contributed by atoms with Crippen LogP contribution in [0.3, 0.4) is 0 Å². The fraction of sp³-hybridized carbons (Fsp3) is 0.429. The number of hydrogen-bond acceptors (Lipinski definition) is 5. The van der Waals surface area contributed by atoms with Gasteiger partial charge in [0.05, 0.1) is 11.3 Å². The number of nitro benzene ring substituents is 1. The van der Waals surface area contributed by atoms with Gasteiger partial charge in [0.2, 0.25) is 0 Å². The third-order valence-corrected chi connectivity index (χ3v) is 3.51. The predicted molar refractivity (Wildman–Crippen MR) is 79.1 cm³/mol. The SMILES string of the molecule is O=C(O)CCNC(=O)c1ccc(N2CCCC2)c([N+](=O)[O-])c1. The standard InChI is InChI=1S/C14H17N3O5/c18-13(19)5-6-15-14(20)10-3-4-11(12(9-10)17(21)22)16-7-1-2-8-16/h3-4,9H,1-2,5-8H2,(H,15,20)(H,18,19). The second-order valence-electron chi connectivity index (χ2n) is 5.05. The van der Waals surface area contributed by atoms with Gasteiger partial charge in [0.1, 0.15) is 5.69 Å². The van der Waals surface area contributed by atoms with E-state index in [0.717, 1.165) is 25.9 Å². The van der Waals surface area contributed by atoms with Crippen molar-refractivity contribution in [2.75, 3.05) is 24.5 Å². The highest BCUT2D eigenvalue weighted by atomic mass is 16.6. The Morgan fingerprint density at radius 3 is 2.59 bits per heavy atom. The molecule has 22 heavy (non-hydrogen) atoms. The zero-order chi connectivity index (χ0) is 16.1. The molecule has 1 amide bonds. The smallest absolute Gasteiger partial charge is 0.305 e. The highest BCUT2D eigenvalue weighted by molar-refractivity contribution is 5.96. The Hall–Kier alpha value is -2.64. The van der Waals surface area contributed by atoms with Crippen LogP contribution in [0.1, 0.15) is 29.6 Å². The third kappa shape index (κ3) is 3.72. The van der Waals surface area contributed by atoms with E-state index in [1.807, 2.05) is 4.90 Å². The summed E-state index contributed by atoms with van der Waals surface area (Å²) in [7, 11) is 0. The number of anilines is 1. The van der Waals surface area contributed by atoms with Crippen LogP contribution in [0.2, 0.25) is 0 Å². The van der Waals surface area contributed by atoms with Crippen LogP contribution < -0.4 is 10.2 Å². The fourth-order valence-electron chi connectivity index (χ4n) is 2.42. The predicted octanol–water partition coefficient (Wildman–Crippen LogP) is 1.40. The van der Waals surface area contributed by atoms with Crippen molar-refractivity contribution in [1.82, 2.24) is 5.32 Å². The summed E-state index contributed by atoms with van der Waals surface area (Å²) in [5.74, 6) is -1.53. The molecule has 1 saturated heterocycles. The Labute approximate surface area is 126 Å². The molecule has 1 aliphatic heterocycles. The molecule has 1 heterocycles. The summed E-state index contributed by atoms with van der Waals surface area (Å²) in [6.45, 7) is 1.52. The first kappa shape index (κ1) is 15.7. The number of benzene rings is 1. The number of carbonyl (C=O) groups excluding carboxylic acids is 1. The average molecular weight is 307 g/mol. The van der Waals surface area contributed by atoms with Gasteiger partial charge in [-0.15, -0.1) is 0 Å². The van der Waals surface area contributed by atoms with E-state index in [2.05, 4.69) is 5.32 Å². The quantitative estimate of drug-likeness (QED) is 0.606. The van der Waals surface area contributed by atoms with Crippen LogP contribution in [0.15, 0.2) is 18.2 Å². The van der Waals surface area contributed by atoms with Crippen LogP contribution >= 0.6 is 0 Å². The van der Waals surface area contributed by atoms with E-state index in [4.69, 9.17) is 5.11 Å². The summed E-state index contributed by atoms with van der Waals surface area (Å²) in [6.07, 6.45) is 1.79. The number of rotatable bonds is 6. The van der Waals surface area contributed by atoms with E-state index >= 15 is 0 Å². The lowest BCUT2D eigenvalue weighted by Crippen LogP contribution is -2.26. The summed E-state index contributed by atoms with van der Waals surface area (Å²) in [5.41, 5.74) is 0.567. The number of amides is 1. The lowest BCUT2D eigenvalue weighted by Gasteiger charge is -2.17. The van der Waals surface area contributed by atoms with Crippen LogP contribution in [0, 0.1) is 10.1 Å². The molecule has 0 aromatic heterocycles. The molecule has 0 bridgehead atoms. The molecule has 1 aliphatic rings. The minimum atomic E-state index is -1.02. The van der Waals surface area contributed by atoms with Gasteiger partial charge in [-0.2, -0.15) is 0 Å². The molecular formula is C14H17N3O5. The van der Waals surface area contributed by atoms with Crippen LogP contribution in [0.4, 0.5) is 11.4 Å². The molecule has 0 saturated carbocycles. The Morgan fingerprint density at radius 1 is 1.32 bits per heavy atom. The molecule has 8 heteroatoms. The zero-order valence-electron chi connectivity index (χ0n) is 11.9. The van der Waals surface area contributed by atoms with Gasteiger partial charge >= 0.3 is 5.97 Å². The number of carboxylic acid groups (broad SMARTS) is 1. The van der Waals surface area contributed by atoms with Gasteiger partial charge in [-0.25, -0.2) is 0 Å². The molecule has 0 unspecified atom stereocenters. The number of hydrogen-bond donors (Lipinski definition) is 2. The van der Waals surface area contributed by atoms with E-state index < -0.39 is 16.8 Å². The Kier molecular flexibility index (Phi) is 4.92. The lowest BCUT2D eigenvalue weighted by atomic mass is 10.1. The van der Waals surface area contributed by atoms with Gasteiger partial charge in [0, 0.05) is 31.3 Å². The van der Waals surface area contributed by atoms with Crippen LogP contribution in [0.25, 0.3) is 0 Å². The molecule has 2 rings (SSSR count). The molecule has 1 fully saturated rings. The first-order valence-electron chi connectivity index (χ1n) is 7.02. The summed E-state index contributed by atoms with van der Waals surface area (Å²) >= 11 is 0. The van der Waals surface area contributed by atoms with Crippen molar-refractivity contribution < 1.29 is 19.6 Å². The van der Waals surface area contributed by atoms with Crippen LogP contribution in [0.5, 0.6) is 0 Å². The molecule has 1 aromatic rings. The monoisotopic (exact) mass is 307 g/mol. The normalized spacial score (nSPS) is 13.9. The van der Waals surface area contributed by atoms with Crippen molar-refractivity contribution in [1.29, 1.82) is 0 Å². The number of nitrogens with zero attached hydrogens (tertiary/aromatic N) is 2. The molecular weight excluding hydrogens is 290 g/mol. The summed E-state index contributed by atoms with van der Waals surface area (Å²) < 4.78 is 0. The van der Waals surface area contributed by atoms with Crippen molar-refractivity contribution in [3.8, 4) is 0 Å². The first-order valence-corrected chi connectivity index (χ1v) is 7.02. The van der Waals surface area contributed by atoms with Gasteiger partial charge in [-0.05, 0) is 25.0 Å². The van der Waals surface area contributed by atoms with E-state index in [1.54, 1.807) is 6.07 Å². The molecule has 0 spiro atoms. The summed E-state index contributed by atoms with van der Waals surface area (Å²) in [4.78, 5) is 35.0. The number of carboxylic acids is 1. The number of nitrogens with one attached hydrogen (secondary N) is 1. The number of aliphatic carboxylic acids is 1. The van der Waals surface area contributed by atoms with Crippen molar-refractivity contribution in [3.63, 3.8) is 0 Å². The third-order valence-electron chi connectivity index (χ3n) is 3.51. The van der Waals surface area contributed by atoms with E-state index in [1.165, 1.54) is 12.1 Å². The van der Waals surface area contributed by atoms with Crippen molar-refractivity contribution in [3.05, 3.63) is 33.9 Å². The largest absolute Gasteiger partial charge is 0.481 e. The van der Waals surface area contributed by atoms with Crippen molar-refractivity contribution in [2.45, 2.75) is 19.3 Å². The minimum absolute atomic E-state index is 0.0180. The Bertz CT molecular complexity index is 596. The van der Waals surface area contributed by atoms with Crippen LogP contribution in [-0.4, -0.2) is 41.5 Å². The highest BCUT2D eigenvalue weighted by Gasteiger charge is 2.23. The molecule has 0 aliphatic carbocycles. The zero-order valence-corrected chi connectivity index (χ0v) is 11.9. The maximum absolute atomic E-state index is 11.9. The van der Waals surface area contributed by atoms with E-state index in [-0.39, 0.29) is 24.2 Å². The minimum Gasteiger partial charge on any atom is -0.481 e.